The molecule has 6 nitrogen and oxygen atoms in total. The van der Waals surface area contributed by atoms with Gasteiger partial charge >= 0.3 is 6.03 Å². The molecule has 3 amide bonds. The third-order valence-corrected chi connectivity index (χ3v) is 3.39. The molecular weight excluding hydrogens is 256 g/mol. The molecule has 0 aliphatic carbocycles. The maximum absolute atomic E-state index is 12.0. The molecule has 1 unspecified atom stereocenters. The molecule has 1 aromatic rings. The summed E-state index contributed by atoms with van der Waals surface area (Å²) >= 11 is 0. The summed E-state index contributed by atoms with van der Waals surface area (Å²) in [6, 6.07) is 6.07. The van der Waals surface area contributed by atoms with Crippen molar-refractivity contribution in [3.8, 4) is 0 Å². The van der Waals surface area contributed by atoms with Crippen molar-refractivity contribution in [2.45, 2.75) is 12.8 Å². The molecule has 1 aliphatic heterocycles. The van der Waals surface area contributed by atoms with Crippen LogP contribution in [-0.4, -0.2) is 31.6 Å². The number of hydrogen-bond acceptors (Lipinski definition) is 3. The zero-order valence-corrected chi connectivity index (χ0v) is 11.3. The minimum absolute atomic E-state index is 0.135. The Hall–Kier alpha value is -2.08. The minimum Gasteiger partial charge on any atom is -0.352 e. The van der Waals surface area contributed by atoms with Crippen LogP contribution in [0.25, 0.3) is 0 Å². The highest BCUT2D eigenvalue weighted by molar-refractivity contribution is 5.96. The normalized spacial score (nSPS) is 17.7. The number of amides is 3. The number of rotatable bonds is 5. The van der Waals surface area contributed by atoms with E-state index in [4.69, 9.17) is 5.73 Å². The van der Waals surface area contributed by atoms with Gasteiger partial charge in [-0.15, -0.1) is 0 Å². The minimum atomic E-state index is -0.642. The number of nitrogens with one attached hydrogen (secondary N) is 3. The molecule has 1 fully saturated rings. The van der Waals surface area contributed by atoms with E-state index in [0.717, 1.165) is 19.5 Å². The van der Waals surface area contributed by atoms with Crippen molar-refractivity contribution in [2.75, 3.05) is 25.0 Å². The maximum atomic E-state index is 12.0. The van der Waals surface area contributed by atoms with Crippen LogP contribution in [0.1, 0.15) is 23.2 Å². The molecule has 0 bridgehead atoms. The Labute approximate surface area is 118 Å². The topological polar surface area (TPSA) is 96.2 Å². The number of nitrogens with two attached hydrogens (primary N) is 1. The molecule has 108 valence electrons. The molecule has 6 heteroatoms. The number of carbonyl (C=O) groups excluding carboxylic acids is 2. The highest BCUT2D eigenvalue weighted by Crippen LogP contribution is 2.12. The van der Waals surface area contributed by atoms with E-state index in [0.29, 0.717) is 23.7 Å². The van der Waals surface area contributed by atoms with Crippen LogP contribution >= 0.6 is 0 Å². The van der Waals surface area contributed by atoms with Crippen LogP contribution in [-0.2, 0) is 0 Å². The first-order valence-electron chi connectivity index (χ1n) is 6.80. The van der Waals surface area contributed by atoms with E-state index in [1.165, 1.54) is 6.42 Å². The lowest BCUT2D eigenvalue weighted by Crippen LogP contribution is -2.26. The van der Waals surface area contributed by atoms with Crippen molar-refractivity contribution in [1.29, 1.82) is 0 Å². The van der Waals surface area contributed by atoms with Gasteiger partial charge in [0, 0.05) is 17.8 Å². The van der Waals surface area contributed by atoms with Crippen molar-refractivity contribution in [1.82, 2.24) is 10.6 Å². The average Bonchev–Trinajstić information content (AvgIpc) is 2.91. The van der Waals surface area contributed by atoms with Crippen LogP contribution in [0, 0.1) is 5.92 Å². The van der Waals surface area contributed by atoms with Gasteiger partial charge in [-0.25, -0.2) is 4.79 Å². The SMILES string of the molecule is NC(=O)Nc1cccc(C(=O)NCCC2CCNC2)c1. The summed E-state index contributed by atoms with van der Waals surface area (Å²) in [5.74, 6) is 0.516. The zero-order valence-electron chi connectivity index (χ0n) is 11.3. The second kappa shape index (κ2) is 6.91. The summed E-state index contributed by atoms with van der Waals surface area (Å²) in [4.78, 5) is 22.8. The predicted octanol–water partition coefficient (Wildman–Crippen LogP) is 0.907. The molecule has 5 N–H and O–H groups in total. The van der Waals surface area contributed by atoms with Crippen molar-refractivity contribution in [2.24, 2.45) is 11.7 Å². The third-order valence-electron chi connectivity index (χ3n) is 3.39. The fourth-order valence-corrected chi connectivity index (χ4v) is 2.33. The molecule has 1 aromatic carbocycles. The molecule has 1 heterocycles. The van der Waals surface area contributed by atoms with Crippen molar-refractivity contribution < 1.29 is 9.59 Å². The van der Waals surface area contributed by atoms with Crippen molar-refractivity contribution in [3.05, 3.63) is 29.8 Å². The van der Waals surface area contributed by atoms with E-state index in [1.807, 2.05) is 0 Å². The number of benzene rings is 1. The molecule has 1 aliphatic rings. The largest absolute Gasteiger partial charge is 0.352 e. The standard InChI is InChI=1S/C14H20N4O2/c15-14(20)18-12-3-1-2-11(8-12)13(19)17-7-5-10-4-6-16-9-10/h1-3,8,10,16H,4-7,9H2,(H,17,19)(H3,15,18,20). The lowest BCUT2D eigenvalue weighted by atomic mass is 10.1. The number of primary amides is 1. The van der Waals surface area contributed by atoms with E-state index in [2.05, 4.69) is 16.0 Å². The van der Waals surface area contributed by atoms with E-state index in [-0.39, 0.29) is 5.91 Å². The smallest absolute Gasteiger partial charge is 0.316 e. The van der Waals surface area contributed by atoms with E-state index in [1.54, 1.807) is 24.3 Å². The summed E-state index contributed by atoms with van der Waals surface area (Å²) in [6.07, 6.45) is 2.16. The number of anilines is 1. The van der Waals surface area contributed by atoms with Gasteiger partial charge in [0.2, 0.25) is 0 Å². The third kappa shape index (κ3) is 4.24. The first-order chi connectivity index (χ1) is 9.65. The van der Waals surface area contributed by atoms with Gasteiger partial charge in [-0.1, -0.05) is 6.07 Å². The monoisotopic (exact) mass is 276 g/mol. The molecular formula is C14H20N4O2. The van der Waals surface area contributed by atoms with Gasteiger partial charge in [-0.3, -0.25) is 4.79 Å². The lowest BCUT2D eigenvalue weighted by molar-refractivity contribution is 0.0951. The number of urea groups is 1. The van der Waals surface area contributed by atoms with Gasteiger partial charge in [-0.05, 0) is 50.0 Å². The van der Waals surface area contributed by atoms with Crippen LogP contribution < -0.4 is 21.7 Å². The summed E-state index contributed by atoms with van der Waals surface area (Å²) in [7, 11) is 0. The fourth-order valence-electron chi connectivity index (χ4n) is 2.33. The van der Waals surface area contributed by atoms with Crippen LogP contribution in [0.2, 0.25) is 0 Å². The van der Waals surface area contributed by atoms with E-state index < -0.39 is 6.03 Å². The van der Waals surface area contributed by atoms with Gasteiger partial charge in [0.15, 0.2) is 0 Å². The highest BCUT2D eigenvalue weighted by Gasteiger charge is 2.14. The van der Waals surface area contributed by atoms with Gasteiger partial charge < -0.3 is 21.7 Å². The molecule has 1 atom stereocenters. The first-order valence-corrected chi connectivity index (χ1v) is 6.80. The number of hydrogen-bond donors (Lipinski definition) is 4. The molecule has 0 radical (unpaired) electrons. The van der Waals surface area contributed by atoms with Crippen molar-refractivity contribution in [3.63, 3.8) is 0 Å². The predicted molar refractivity (Wildman–Crippen MR) is 77.6 cm³/mol. The highest BCUT2D eigenvalue weighted by atomic mass is 16.2. The quantitative estimate of drug-likeness (QED) is 0.643. The summed E-state index contributed by atoms with van der Waals surface area (Å²) in [5, 5.41) is 8.65. The maximum Gasteiger partial charge on any atom is 0.316 e. The molecule has 0 aromatic heterocycles. The van der Waals surface area contributed by atoms with Crippen molar-refractivity contribution >= 4 is 17.6 Å². The fraction of sp³-hybridized carbons (Fsp3) is 0.429. The van der Waals surface area contributed by atoms with E-state index >= 15 is 0 Å². The van der Waals surface area contributed by atoms with Gasteiger partial charge in [0.1, 0.15) is 0 Å². The van der Waals surface area contributed by atoms with Gasteiger partial charge in [0.25, 0.3) is 5.91 Å². The number of carbonyl (C=O) groups is 2. The van der Waals surface area contributed by atoms with Crippen LogP contribution in [0.5, 0.6) is 0 Å². The summed E-state index contributed by atoms with van der Waals surface area (Å²) in [5.41, 5.74) is 6.08. The second-order valence-electron chi connectivity index (χ2n) is 4.97. The molecule has 0 saturated carbocycles. The molecule has 1 saturated heterocycles. The van der Waals surface area contributed by atoms with Crippen LogP contribution in [0.15, 0.2) is 24.3 Å². The Morgan fingerprint density at radius 2 is 2.25 bits per heavy atom. The van der Waals surface area contributed by atoms with Gasteiger partial charge in [-0.2, -0.15) is 0 Å². The van der Waals surface area contributed by atoms with Crippen LogP contribution in [0.3, 0.4) is 0 Å². The Morgan fingerprint density at radius 1 is 1.40 bits per heavy atom. The Kier molecular flexibility index (Phi) is 4.95. The first kappa shape index (κ1) is 14.3. The van der Waals surface area contributed by atoms with Crippen LogP contribution in [0.4, 0.5) is 10.5 Å². The second-order valence-corrected chi connectivity index (χ2v) is 4.97. The Morgan fingerprint density at radius 3 is 2.95 bits per heavy atom. The average molecular weight is 276 g/mol. The molecule has 20 heavy (non-hydrogen) atoms. The summed E-state index contributed by atoms with van der Waals surface area (Å²) < 4.78 is 0. The molecule has 2 rings (SSSR count). The molecule has 0 spiro atoms. The lowest BCUT2D eigenvalue weighted by Gasteiger charge is -2.10. The summed E-state index contributed by atoms with van der Waals surface area (Å²) in [6.45, 7) is 2.77. The zero-order chi connectivity index (χ0) is 14.4. The van der Waals surface area contributed by atoms with E-state index in [9.17, 15) is 9.59 Å². The van der Waals surface area contributed by atoms with Gasteiger partial charge in [0.05, 0.1) is 0 Å². The Bertz CT molecular complexity index is 484. The Balaban J connectivity index is 1.83.